The fourth-order valence-corrected chi connectivity index (χ4v) is 6.29. The fraction of sp³-hybridized carbons (Fsp3) is 0.550. The van der Waals surface area contributed by atoms with Crippen molar-refractivity contribution in [3.8, 4) is 0 Å². The van der Waals surface area contributed by atoms with Gasteiger partial charge in [-0.05, 0) is 64.0 Å². The van der Waals surface area contributed by atoms with Crippen molar-refractivity contribution in [1.29, 1.82) is 0 Å². The van der Waals surface area contributed by atoms with Crippen LogP contribution in [0.4, 0.5) is 4.79 Å². The molecule has 13 heteroatoms. The largest absolute Gasteiger partial charge is 0.461 e. The van der Waals surface area contributed by atoms with Gasteiger partial charge in [0.1, 0.15) is 36.4 Å². The van der Waals surface area contributed by atoms with Gasteiger partial charge in [0, 0.05) is 33.6 Å². The molecule has 0 aromatic heterocycles. The number of carbonyl (C=O) groups is 6. The lowest BCUT2D eigenvalue weighted by Crippen LogP contribution is -2.60. The van der Waals surface area contributed by atoms with E-state index in [1.807, 2.05) is 60.7 Å². The first-order valence-corrected chi connectivity index (χ1v) is 18.3. The SMILES string of the molecule is CC(C)[C@@H](C(=O)N[C@@H](CC(=O)OCc1ccccc1)C(=O)N1CCCCC1)N(C)C(=O)C(Cc1ccccc1)N(C)C(=O)[C@H](C)NC(=O)OC(C)(C)C. The summed E-state index contributed by atoms with van der Waals surface area (Å²) in [6.45, 7) is 11.2. The summed E-state index contributed by atoms with van der Waals surface area (Å²) in [6.07, 6.45) is 1.59. The Morgan fingerprint density at radius 2 is 1.34 bits per heavy atom. The van der Waals surface area contributed by atoms with Crippen LogP contribution in [0.2, 0.25) is 0 Å². The molecule has 1 fully saturated rings. The molecule has 4 atom stereocenters. The van der Waals surface area contributed by atoms with Crippen LogP contribution in [0.15, 0.2) is 60.7 Å². The maximum Gasteiger partial charge on any atom is 0.408 e. The van der Waals surface area contributed by atoms with Crippen LogP contribution in [0.25, 0.3) is 0 Å². The predicted octanol–water partition coefficient (Wildman–Crippen LogP) is 4.08. The van der Waals surface area contributed by atoms with E-state index in [0.717, 1.165) is 30.4 Å². The lowest BCUT2D eigenvalue weighted by Gasteiger charge is -2.37. The van der Waals surface area contributed by atoms with Crippen LogP contribution in [0.3, 0.4) is 0 Å². The summed E-state index contributed by atoms with van der Waals surface area (Å²) in [5.74, 6) is -3.13. The van der Waals surface area contributed by atoms with Gasteiger partial charge in [0.05, 0.1) is 6.42 Å². The van der Waals surface area contributed by atoms with E-state index in [1.54, 1.807) is 39.5 Å². The molecule has 5 amide bonds. The molecule has 290 valence electrons. The number of nitrogens with one attached hydrogen (secondary N) is 2. The number of benzene rings is 2. The molecule has 2 aromatic carbocycles. The normalized spacial score (nSPS) is 15.3. The van der Waals surface area contributed by atoms with Gasteiger partial charge in [0.15, 0.2) is 0 Å². The standard InChI is InChI=1S/C40H57N5O8/c1-27(2)34(35(47)42-31(37(49)45-22-16-11-17-23-45)25-33(46)52-26-30-20-14-10-15-21-30)44(8)38(50)32(24-29-18-12-9-13-19-29)43(7)36(48)28(3)41-39(51)53-40(4,5)6/h9-10,12-15,18-21,27-28,31-32,34H,11,16-17,22-26H2,1-8H3,(H,41,51)(H,42,47)/t28-,31-,32?,34-/m0/s1. The predicted molar refractivity (Wildman–Crippen MR) is 200 cm³/mol. The second kappa shape index (κ2) is 19.8. The third-order valence-electron chi connectivity index (χ3n) is 9.04. The number of ether oxygens (including phenoxy) is 2. The summed E-state index contributed by atoms with van der Waals surface area (Å²) in [4.78, 5) is 85.8. The van der Waals surface area contributed by atoms with E-state index in [4.69, 9.17) is 9.47 Å². The molecule has 3 rings (SSSR count). The van der Waals surface area contributed by atoms with Crippen molar-refractivity contribution in [3.63, 3.8) is 0 Å². The highest BCUT2D eigenvalue weighted by molar-refractivity contribution is 5.96. The molecule has 0 saturated carbocycles. The van der Waals surface area contributed by atoms with Crippen molar-refractivity contribution in [2.45, 2.75) is 110 Å². The maximum absolute atomic E-state index is 14.4. The topological polar surface area (TPSA) is 155 Å². The number of rotatable bonds is 15. The van der Waals surface area contributed by atoms with Crippen molar-refractivity contribution >= 4 is 35.7 Å². The van der Waals surface area contributed by atoms with E-state index in [2.05, 4.69) is 10.6 Å². The summed E-state index contributed by atoms with van der Waals surface area (Å²) in [5.41, 5.74) is 0.783. The molecule has 1 aliphatic rings. The number of hydrogen-bond donors (Lipinski definition) is 2. The van der Waals surface area contributed by atoms with E-state index < -0.39 is 65.5 Å². The van der Waals surface area contributed by atoms with E-state index in [9.17, 15) is 28.8 Å². The zero-order valence-corrected chi connectivity index (χ0v) is 32.4. The Bertz CT molecular complexity index is 1540. The molecule has 0 spiro atoms. The number of esters is 1. The van der Waals surface area contributed by atoms with Crippen LogP contribution >= 0.6 is 0 Å². The van der Waals surface area contributed by atoms with Crippen molar-refractivity contribution in [3.05, 3.63) is 71.8 Å². The lowest BCUT2D eigenvalue weighted by molar-refractivity contribution is -0.151. The van der Waals surface area contributed by atoms with E-state index >= 15 is 0 Å². The number of piperidine rings is 1. The molecule has 1 aliphatic heterocycles. The van der Waals surface area contributed by atoms with Crippen LogP contribution in [-0.4, -0.2) is 107 Å². The van der Waals surface area contributed by atoms with Crippen LogP contribution in [0.5, 0.6) is 0 Å². The van der Waals surface area contributed by atoms with Crippen LogP contribution < -0.4 is 10.6 Å². The highest BCUT2D eigenvalue weighted by Gasteiger charge is 2.39. The zero-order valence-electron chi connectivity index (χ0n) is 32.4. The molecule has 53 heavy (non-hydrogen) atoms. The second-order valence-corrected chi connectivity index (χ2v) is 15.0. The Balaban J connectivity index is 1.85. The smallest absolute Gasteiger partial charge is 0.408 e. The van der Waals surface area contributed by atoms with E-state index in [-0.39, 0.29) is 25.4 Å². The fourth-order valence-electron chi connectivity index (χ4n) is 6.29. The minimum absolute atomic E-state index is 0.0189. The average Bonchev–Trinajstić information content (AvgIpc) is 3.11. The van der Waals surface area contributed by atoms with Gasteiger partial charge in [-0.15, -0.1) is 0 Å². The van der Waals surface area contributed by atoms with Gasteiger partial charge in [-0.2, -0.15) is 0 Å². The van der Waals surface area contributed by atoms with Gasteiger partial charge in [-0.25, -0.2) is 4.79 Å². The first-order chi connectivity index (χ1) is 25.0. The van der Waals surface area contributed by atoms with Gasteiger partial charge in [-0.3, -0.25) is 24.0 Å². The Morgan fingerprint density at radius 1 is 0.774 bits per heavy atom. The number of carbonyl (C=O) groups excluding carboxylic acids is 6. The summed E-state index contributed by atoms with van der Waals surface area (Å²) in [7, 11) is 2.97. The van der Waals surface area contributed by atoms with E-state index in [0.29, 0.717) is 13.1 Å². The highest BCUT2D eigenvalue weighted by atomic mass is 16.6. The minimum Gasteiger partial charge on any atom is -0.461 e. The summed E-state index contributed by atoms with van der Waals surface area (Å²) < 4.78 is 10.8. The summed E-state index contributed by atoms with van der Waals surface area (Å²) in [6, 6.07) is 13.9. The van der Waals surface area contributed by atoms with Gasteiger partial charge >= 0.3 is 12.1 Å². The molecule has 0 aliphatic carbocycles. The molecular weight excluding hydrogens is 678 g/mol. The molecular formula is C40H57N5O8. The molecule has 0 bridgehead atoms. The Labute approximate surface area is 313 Å². The minimum atomic E-state index is -1.21. The third-order valence-corrected chi connectivity index (χ3v) is 9.04. The summed E-state index contributed by atoms with van der Waals surface area (Å²) >= 11 is 0. The molecule has 2 N–H and O–H groups in total. The number of likely N-dealkylation sites (N-methyl/N-ethyl adjacent to an activating group) is 2. The number of alkyl carbamates (subject to hydrolysis) is 1. The van der Waals surface area contributed by atoms with Crippen LogP contribution in [-0.2, 0) is 46.5 Å². The maximum atomic E-state index is 14.4. The Hall–Kier alpha value is -4.94. The van der Waals surface area contributed by atoms with Gasteiger partial charge in [0.25, 0.3) is 0 Å². The summed E-state index contributed by atoms with van der Waals surface area (Å²) in [5, 5.41) is 5.33. The lowest BCUT2D eigenvalue weighted by atomic mass is 9.97. The van der Waals surface area contributed by atoms with Crippen molar-refractivity contribution in [2.75, 3.05) is 27.2 Å². The molecule has 1 heterocycles. The van der Waals surface area contributed by atoms with Gasteiger partial charge in [0.2, 0.25) is 23.6 Å². The molecule has 1 saturated heterocycles. The number of nitrogens with zero attached hydrogens (tertiary/aromatic N) is 3. The van der Waals surface area contributed by atoms with Crippen molar-refractivity contribution in [2.24, 2.45) is 5.92 Å². The van der Waals surface area contributed by atoms with Crippen LogP contribution in [0.1, 0.15) is 78.4 Å². The van der Waals surface area contributed by atoms with Gasteiger partial charge in [-0.1, -0.05) is 74.5 Å². The average molecular weight is 736 g/mol. The quantitative estimate of drug-likeness (QED) is 0.260. The first-order valence-electron chi connectivity index (χ1n) is 18.3. The molecule has 0 radical (unpaired) electrons. The molecule has 2 aromatic rings. The first kappa shape index (κ1) is 42.5. The van der Waals surface area contributed by atoms with Crippen molar-refractivity contribution in [1.82, 2.24) is 25.3 Å². The highest BCUT2D eigenvalue weighted by Crippen LogP contribution is 2.19. The number of hydrogen-bond acceptors (Lipinski definition) is 8. The number of amides is 5. The Morgan fingerprint density at radius 3 is 1.89 bits per heavy atom. The van der Waals surface area contributed by atoms with Crippen LogP contribution in [0, 0.1) is 5.92 Å². The van der Waals surface area contributed by atoms with Gasteiger partial charge < -0.3 is 34.8 Å². The second-order valence-electron chi connectivity index (χ2n) is 15.0. The van der Waals surface area contributed by atoms with E-state index in [1.165, 1.54) is 30.8 Å². The Kier molecular flexibility index (Phi) is 15.8. The third kappa shape index (κ3) is 13.2. The number of likely N-dealkylation sites (tertiary alicyclic amines) is 1. The van der Waals surface area contributed by atoms with Crippen molar-refractivity contribution < 1.29 is 38.2 Å². The zero-order chi connectivity index (χ0) is 39.3. The monoisotopic (exact) mass is 735 g/mol. The molecule has 1 unspecified atom stereocenters. The molecule has 13 nitrogen and oxygen atoms in total.